The lowest BCUT2D eigenvalue weighted by molar-refractivity contribution is 0.0697. The largest absolute Gasteiger partial charge is 0.487 e. The van der Waals surface area contributed by atoms with E-state index < -0.39 is 0 Å². The summed E-state index contributed by atoms with van der Waals surface area (Å²) >= 11 is 15.0. The van der Waals surface area contributed by atoms with Gasteiger partial charge in [0.2, 0.25) is 0 Å². The number of hydrogen-bond donors (Lipinski definition) is 2. The highest BCUT2D eigenvalue weighted by Gasteiger charge is 2.33. The van der Waals surface area contributed by atoms with E-state index in [1.807, 2.05) is 36.4 Å². The minimum Gasteiger partial charge on any atom is -0.487 e. The van der Waals surface area contributed by atoms with Crippen molar-refractivity contribution in [3.05, 3.63) is 57.5 Å². The Morgan fingerprint density at radius 3 is 2.79 bits per heavy atom. The van der Waals surface area contributed by atoms with Crippen LogP contribution in [0.15, 0.2) is 46.9 Å². The minimum atomic E-state index is -0.247. The molecule has 2 aromatic carbocycles. The molecule has 0 saturated heterocycles. The van der Waals surface area contributed by atoms with E-state index in [4.69, 9.17) is 28.6 Å². The molecule has 0 saturated carbocycles. The van der Waals surface area contributed by atoms with Crippen molar-refractivity contribution in [3.63, 3.8) is 0 Å². The van der Waals surface area contributed by atoms with Gasteiger partial charge >= 0.3 is 0 Å². The number of nitrogens with one attached hydrogen (secondary N) is 2. The van der Waals surface area contributed by atoms with Crippen molar-refractivity contribution in [2.75, 3.05) is 5.32 Å². The minimum absolute atomic E-state index is 0.0934. The molecule has 1 aliphatic heterocycles. The van der Waals surface area contributed by atoms with E-state index in [1.165, 1.54) is 0 Å². The third-order valence-corrected chi connectivity index (χ3v) is 5.31. The molecule has 6 heteroatoms. The van der Waals surface area contributed by atoms with Gasteiger partial charge < -0.3 is 15.4 Å². The van der Waals surface area contributed by atoms with Gasteiger partial charge in [0.05, 0.1) is 11.1 Å². The van der Waals surface area contributed by atoms with Crippen LogP contribution in [0, 0.1) is 0 Å². The van der Waals surface area contributed by atoms with Crippen LogP contribution in [0.3, 0.4) is 0 Å². The zero-order chi connectivity index (χ0) is 17.3. The van der Waals surface area contributed by atoms with Crippen LogP contribution in [-0.2, 0) is 0 Å². The number of thiocarbonyl (C=S) groups is 1. The number of fused-ring (bicyclic) bond motifs is 1. The number of rotatable bonds is 2. The highest BCUT2D eigenvalue weighted by Crippen LogP contribution is 2.39. The molecule has 126 valence electrons. The van der Waals surface area contributed by atoms with Crippen molar-refractivity contribution >= 4 is 50.5 Å². The summed E-state index contributed by atoms with van der Waals surface area (Å²) in [5.74, 6) is 0.903. The summed E-state index contributed by atoms with van der Waals surface area (Å²) in [7, 11) is 0. The van der Waals surface area contributed by atoms with Crippen LogP contribution in [-0.4, -0.2) is 10.7 Å². The van der Waals surface area contributed by atoms with Gasteiger partial charge in [-0.15, -0.1) is 0 Å². The van der Waals surface area contributed by atoms with E-state index in [-0.39, 0.29) is 11.6 Å². The first-order valence-corrected chi connectivity index (χ1v) is 9.22. The van der Waals surface area contributed by atoms with Crippen LogP contribution in [0.1, 0.15) is 31.9 Å². The first-order valence-electron chi connectivity index (χ1n) is 7.64. The summed E-state index contributed by atoms with van der Waals surface area (Å²) in [5.41, 5.74) is 1.72. The molecule has 2 N–H and O–H groups in total. The zero-order valence-electron chi connectivity index (χ0n) is 13.4. The maximum absolute atomic E-state index is 6.13. The number of anilines is 1. The standard InChI is InChI=1S/C18H18BrClN2OS/c1-18(2)10-15(12-5-3-4-6-16(12)23-18)22-17(24)21-11-7-8-13(19)14(20)9-11/h3-9,15H,10H2,1-2H3,(H2,21,22,24)/t15-/m1/s1. The van der Waals surface area contributed by atoms with Gasteiger partial charge in [-0.05, 0) is 66.3 Å². The average molecular weight is 426 g/mol. The lowest BCUT2D eigenvalue weighted by Gasteiger charge is -2.38. The van der Waals surface area contributed by atoms with Gasteiger partial charge in [-0.2, -0.15) is 0 Å². The molecule has 1 aliphatic rings. The highest BCUT2D eigenvalue weighted by molar-refractivity contribution is 9.10. The van der Waals surface area contributed by atoms with Crippen molar-refractivity contribution in [2.24, 2.45) is 0 Å². The molecule has 24 heavy (non-hydrogen) atoms. The van der Waals surface area contributed by atoms with Crippen LogP contribution in [0.5, 0.6) is 5.75 Å². The lowest BCUT2D eigenvalue weighted by atomic mass is 9.90. The number of hydrogen-bond acceptors (Lipinski definition) is 2. The van der Waals surface area contributed by atoms with Crippen molar-refractivity contribution in [1.82, 2.24) is 5.32 Å². The fraction of sp³-hybridized carbons (Fsp3) is 0.278. The Kier molecular flexibility index (Phi) is 5.04. The van der Waals surface area contributed by atoms with Crippen molar-refractivity contribution in [1.29, 1.82) is 0 Å². The maximum Gasteiger partial charge on any atom is 0.171 e. The van der Waals surface area contributed by atoms with Gasteiger partial charge in [-0.3, -0.25) is 0 Å². The van der Waals surface area contributed by atoms with E-state index in [1.54, 1.807) is 0 Å². The summed E-state index contributed by atoms with van der Waals surface area (Å²) in [4.78, 5) is 0. The van der Waals surface area contributed by atoms with Gasteiger partial charge in [-0.25, -0.2) is 0 Å². The highest BCUT2D eigenvalue weighted by atomic mass is 79.9. The molecule has 0 unspecified atom stereocenters. The zero-order valence-corrected chi connectivity index (χ0v) is 16.6. The lowest BCUT2D eigenvalue weighted by Crippen LogP contribution is -2.42. The Labute approximate surface area is 160 Å². The van der Waals surface area contributed by atoms with Crippen molar-refractivity contribution in [3.8, 4) is 5.75 Å². The number of para-hydroxylation sites is 1. The molecular weight excluding hydrogens is 408 g/mol. The Bertz CT molecular complexity index is 781. The predicted octanol–water partition coefficient (Wildman–Crippen LogP) is 5.69. The Balaban J connectivity index is 1.75. The molecular formula is C18H18BrClN2OS. The molecule has 0 amide bonds. The van der Waals surface area contributed by atoms with Crippen molar-refractivity contribution < 1.29 is 4.74 Å². The second kappa shape index (κ2) is 6.90. The molecule has 2 aromatic rings. The molecule has 1 atom stereocenters. The molecule has 0 spiro atoms. The monoisotopic (exact) mass is 424 g/mol. The molecule has 3 rings (SSSR count). The Morgan fingerprint density at radius 1 is 1.29 bits per heavy atom. The number of halogens is 2. The van der Waals surface area contributed by atoms with Gasteiger partial charge in [0.1, 0.15) is 11.4 Å². The molecule has 3 nitrogen and oxygen atoms in total. The summed E-state index contributed by atoms with van der Waals surface area (Å²) in [6, 6.07) is 13.8. The van der Waals surface area contributed by atoms with Crippen LogP contribution in [0.2, 0.25) is 5.02 Å². The summed E-state index contributed by atoms with van der Waals surface area (Å²) in [5, 5.41) is 7.79. The van der Waals surface area contributed by atoms with Gasteiger partial charge in [0.25, 0.3) is 0 Å². The fourth-order valence-corrected chi connectivity index (χ4v) is 3.52. The topological polar surface area (TPSA) is 33.3 Å². The van der Waals surface area contributed by atoms with E-state index in [9.17, 15) is 0 Å². The molecule has 1 heterocycles. The maximum atomic E-state index is 6.13. The van der Waals surface area contributed by atoms with E-state index >= 15 is 0 Å². The third kappa shape index (κ3) is 4.02. The molecule has 0 radical (unpaired) electrons. The quantitative estimate of drug-likeness (QED) is 0.605. The molecule has 0 bridgehead atoms. The first kappa shape index (κ1) is 17.5. The SMILES string of the molecule is CC1(C)C[C@@H](NC(=S)Nc2ccc(Br)c(Cl)c2)c2ccccc2O1. The summed E-state index contributed by atoms with van der Waals surface area (Å²) in [6.45, 7) is 4.17. The fourth-order valence-electron chi connectivity index (χ4n) is 2.83. The Morgan fingerprint density at radius 2 is 2.04 bits per heavy atom. The van der Waals surface area contributed by atoms with Crippen LogP contribution in [0.25, 0.3) is 0 Å². The third-order valence-electron chi connectivity index (χ3n) is 3.86. The van der Waals surface area contributed by atoms with Gasteiger partial charge in [0.15, 0.2) is 5.11 Å². The normalized spacial score (nSPS) is 18.2. The Hall–Kier alpha value is -1.30. The number of ether oxygens (including phenoxy) is 1. The van der Waals surface area contributed by atoms with Crippen LogP contribution < -0.4 is 15.4 Å². The van der Waals surface area contributed by atoms with Crippen LogP contribution >= 0.6 is 39.7 Å². The average Bonchev–Trinajstić information content (AvgIpc) is 2.50. The molecule has 0 fully saturated rings. The van der Waals surface area contributed by atoms with E-state index in [0.29, 0.717) is 10.1 Å². The molecule has 0 aliphatic carbocycles. The predicted molar refractivity (Wildman–Crippen MR) is 107 cm³/mol. The van der Waals surface area contributed by atoms with E-state index in [2.05, 4.69) is 46.5 Å². The number of benzene rings is 2. The van der Waals surface area contributed by atoms with E-state index in [0.717, 1.165) is 27.9 Å². The molecule has 0 aromatic heterocycles. The second-order valence-corrected chi connectivity index (χ2v) is 8.05. The smallest absolute Gasteiger partial charge is 0.171 e. The summed E-state index contributed by atoms with van der Waals surface area (Å²) in [6.07, 6.45) is 0.826. The van der Waals surface area contributed by atoms with Crippen LogP contribution in [0.4, 0.5) is 5.69 Å². The second-order valence-electron chi connectivity index (χ2n) is 6.38. The van der Waals surface area contributed by atoms with Gasteiger partial charge in [-0.1, -0.05) is 29.8 Å². The first-order chi connectivity index (χ1) is 11.3. The van der Waals surface area contributed by atoms with Crippen molar-refractivity contribution in [2.45, 2.75) is 31.9 Å². The van der Waals surface area contributed by atoms with Gasteiger partial charge in [0, 0.05) is 22.1 Å². The summed E-state index contributed by atoms with van der Waals surface area (Å²) < 4.78 is 6.91.